The van der Waals surface area contributed by atoms with Gasteiger partial charge in [-0.15, -0.1) is 0 Å². The van der Waals surface area contributed by atoms with Crippen molar-refractivity contribution in [2.45, 2.75) is 45.2 Å². The molecule has 3 rings (SSSR count). The maximum absolute atomic E-state index is 12.2. The molecule has 2 saturated heterocycles. The Morgan fingerprint density at radius 3 is 2.73 bits per heavy atom. The van der Waals surface area contributed by atoms with Gasteiger partial charge in [0.05, 0.1) is 11.6 Å². The van der Waals surface area contributed by atoms with Gasteiger partial charge < -0.3 is 10.0 Å². The molecule has 0 aromatic heterocycles. The second kappa shape index (κ2) is 7.46. The molecule has 1 N–H and O–H groups in total. The molecule has 6 nitrogen and oxygen atoms in total. The third-order valence-corrected chi connectivity index (χ3v) is 5.90. The van der Waals surface area contributed by atoms with Crippen LogP contribution in [0.25, 0.3) is 0 Å². The summed E-state index contributed by atoms with van der Waals surface area (Å²) >= 11 is 0. The lowest BCUT2D eigenvalue weighted by molar-refractivity contribution is -0.155. The minimum atomic E-state index is -0.940. The Bertz CT molecular complexity index is 732. The SMILES string of the molecule is CC(C(=O)O)N1CC2(CCC1=O)CCN(Cc1cccc(C#N)c1)CC2. The number of nitrogens with zero attached hydrogens (tertiary/aromatic N) is 3. The Kier molecular flexibility index (Phi) is 5.28. The van der Waals surface area contributed by atoms with Gasteiger partial charge in [-0.1, -0.05) is 12.1 Å². The minimum absolute atomic E-state index is 0.0405. The predicted octanol–water partition coefficient (Wildman–Crippen LogP) is 2.24. The van der Waals surface area contributed by atoms with Crippen LogP contribution in [0.5, 0.6) is 0 Å². The number of amides is 1. The van der Waals surface area contributed by atoms with Crippen molar-refractivity contribution in [1.29, 1.82) is 5.26 Å². The van der Waals surface area contributed by atoms with Gasteiger partial charge in [0.25, 0.3) is 0 Å². The van der Waals surface area contributed by atoms with E-state index in [0.29, 0.717) is 18.5 Å². The third kappa shape index (κ3) is 3.88. The van der Waals surface area contributed by atoms with Crippen molar-refractivity contribution in [3.05, 3.63) is 35.4 Å². The second-order valence-corrected chi connectivity index (χ2v) is 7.62. The molecule has 2 fully saturated rings. The Labute approximate surface area is 154 Å². The van der Waals surface area contributed by atoms with E-state index in [1.807, 2.05) is 24.3 Å². The molecule has 138 valence electrons. The van der Waals surface area contributed by atoms with Gasteiger partial charge in [-0.25, -0.2) is 4.79 Å². The molecule has 1 aromatic carbocycles. The highest BCUT2D eigenvalue weighted by Gasteiger charge is 2.43. The van der Waals surface area contributed by atoms with Crippen LogP contribution in [0.2, 0.25) is 0 Å². The first kappa shape index (κ1) is 18.4. The van der Waals surface area contributed by atoms with Crippen molar-refractivity contribution < 1.29 is 14.7 Å². The van der Waals surface area contributed by atoms with E-state index in [2.05, 4.69) is 11.0 Å². The first-order valence-corrected chi connectivity index (χ1v) is 9.16. The van der Waals surface area contributed by atoms with Crippen LogP contribution < -0.4 is 0 Å². The van der Waals surface area contributed by atoms with Gasteiger partial charge in [0.2, 0.25) is 5.91 Å². The molecular formula is C20H25N3O3. The summed E-state index contributed by atoms with van der Waals surface area (Å²) in [6, 6.07) is 9.12. The van der Waals surface area contributed by atoms with Crippen molar-refractivity contribution >= 4 is 11.9 Å². The van der Waals surface area contributed by atoms with Gasteiger partial charge in [-0.2, -0.15) is 5.26 Å². The third-order valence-electron chi connectivity index (χ3n) is 5.90. The van der Waals surface area contributed by atoms with E-state index in [1.54, 1.807) is 11.8 Å². The van der Waals surface area contributed by atoms with Crippen LogP contribution in [0.3, 0.4) is 0 Å². The van der Waals surface area contributed by atoms with Gasteiger partial charge in [0.15, 0.2) is 0 Å². The molecule has 1 spiro atoms. The molecular weight excluding hydrogens is 330 g/mol. The number of carboxylic acids is 1. The van der Waals surface area contributed by atoms with Crippen LogP contribution in [-0.4, -0.2) is 52.5 Å². The number of nitriles is 1. The van der Waals surface area contributed by atoms with Crippen molar-refractivity contribution in [1.82, 2.24) is 9.80 Å². The van der Waals surface area contributed by atoms with Crippen molar-refractivity contribution in [3.63, 3.8) is 0 Å². The molecule has 1 aromatic rings. The highest BCUT2D eigenvalue weighted by molar-refractivity contribution is 5.84. The first-order valence-electron chi connectivity index (χ1n) is 9.16. The number of aliphatic carboxylic acids is 1. The summed E-state index contributed by atoms with van der Waals surface area (Å²) in [5.74, 6) is -0.980. The molecule has 26 heavy (non-hydrogen) atoms. The molecule has 2 aliphatic heterocycles. The number of hydrogen-bond acceptors (Lipinski definition) is 4. The topological polar surface area (TPSA) is 84.6 Å². The average Bonchev–Trinajstić information content (AvgIpc) is 2.65. The maximum Gasteiger partial charge on any atom is 0.326 e. The molecule has 6 heteroatoms. The fraction of sp³-hybridized carbons (Fsp3) is 0.550. The van der Waals surface area contributed by atoms with E-state index in [0.717, 1.165) is 44.5 Å². The average molecular weight is 355 g/mol. The number of carboxylic acid groups (broad SMARTS) is 1. The zero-order valence-corrected chi connectivity index (χ0v) is 15.1. The number of likely N-dealkylation sites (tertiary alicyclic amines) is 2. The quantitative estimate of drug-likeness (QED) is 0.895. The van der Waals surface area contributed by atoms with Crippen LogP contribution in [0.1, 0.15) is 43.7 Å². The van der Waals surface area contributed by atoms with Crippen molar-refractivity contribution in [3.8, 4) is 6.07 Å². The first-order chi connectivity index (χ1) is 12.4. The monoisotopic (exact) mass is 355 g/mol. The van der Waals surface area contributed by atoms with Gasteiger partial charge in [0, 0.05) is 19.5 Å². The second-order valence-electron chi connectivity index (χ2n) is 7.62. The van der Waals surface area contributed by atoms with E-state index >= 15 is 0 Å². The molecule has 0 bridgehead atoms. The molecule has 0 aliphatic carbocycles. The number of carbonyl (C=O) groups excluding carboxylic acids is 1. The summed E-state index contributed by atoms with van der Waals surface area (Å²) in [5, 5.41) is 18.3. The normalized spacial score (nSPS) is 21.4. The molecule has 1 unspecified atom stereocenters. The van der Waals surface area contributed by atoms with Crippen LogP contribution in [-0.2, 0) is 16.1 Å². The van der Waals surface area contributed by atoms with E-state index in [9.17, 15) is 14.7 Å². The Morgan fingerprint density at radius 2 is 2.08 bits per heavy atom. The lowest BCUT2D eigenvalue weighted by Crippen LogP contribution is -2.55. The Morgan fingerprint density at radius 1 is 1.35 bits per heavy atom. The van der Waals surface area contributed by atoms with E-state index < -0.39 is 12.0 Å². The summed E-state index contributed by atoms with van der Waals surface area (Å²) in [6.07, 6.45) is 3.25. The number of piperidine rings is 2. The Balaban J connectivity index is 1.61. The fourth-order valence-electron chi connectivity index (χ4n) is 4.12. The van der Waals surface area contributed by atoms with Crippen LogP contribution in [0.15, 0.2) is 24.3 Å². The summed E-state index contributed by atoms with van der Waals surface area (Å²) in [4.78, 5) is 27.4. The minimum Gasteiger partial charge on any atom is -0.480 e. The largest absolute Gasteiger partial charge is 0.480 e. The molecule has 0 saturated carbocycles. The fourth-order valence-corrected chi connectivity index (χ4v) is 4.12. The number of hydrogen-bond donors (Lipinski definition) is 1. The molecule has 1 amide bonds. The molecule has 2 aliphatic rings. The Hall–Kier alpha value is -2.39. The van der Waals surface area contributed by atoms with Gasteiger partial charge in [-0.05, 0) is 62.4 Å². The smallest absolute Gasteiger partial charge is 0.326 e. The zero-order chi connectivity index (χ0) is 18.7. The highest BCUT2D eigenvalue weighted by atomic mass is 16.4. The molecule has 0 radical (unpaired) electrons. The summed E-state index contributed by atoms with van der Waals surface area (Å²) in [5.41, 5.74) is 1.86. The van der Waals surface area contributed by atoms with Crippen LogP contribution in [0.4, 0.5) is 0 Å². The standard InChI is InChI=1S/C20H25N3O3/c1-15(19(25)26)23-14-20(6-5-18(23)24)7-9-22(10-8-20)13-17-4-2-3-16(11-17)12-21/h2-4,11,15H,5-10,13-14H2,1H3,(H,25,26). The maximum atomic E-state index is 12.2. The predicted molar refractivity (Wildman–Crippen MR) is 96.1 cm³/mol. The van der Waals surface area contributed by atoms with E-state index in [4.69, 9.17) is 5.26 Å². The highest BCUT2D eigenvalue weighted by Crippen LogP contribution is 2.41. The van der Waals surface area contributed by atoms with Crippen LogP contribution in [0, 0.1) is 16.7 Å². The van der Waals surface area contributed by atoms with E-state index in [-0.39, 0.29) is 11.3 Å². The summed E-state index contributed by atoms with van der Waals surface area (Å²) in [6.45, 7) is 4.83. The van der Waals surface area contributed by atoms with Crippen LogP contribution >= 0.6 is 0 Å². The van der Waals surface area contributed by atoms with Gasteiger partial charge in [-0.3, -0.25) is 9.69 Å². The lowest BCUT2D eigenvalue weighted by atomic mass is 9.72. The van der Waals surface area contributed by atoms with Crippen molar-refractivity contribution in [2.75, 3.05) is 19.6 Å². The van der Waals surface area contributed by atoms with Gasteiger partial charge in [0.1, 0.15) is 6.04 Å². The zero-order valence-electron chi connectivity index (χ0n) is 15.1. The number of carbonyl (C=O) groups is 2. The summed E-state index contributed by atoms with van der Waals surface area (Å²) in [7, 11) is 0. The summed E-state index contributed by atoms with van der Waals surface area (Å²) < 4.78 is 0. The molecule has 2 heterocycles. The molecule has 1 atom stereocenters. The number of benzene rings is 1. The van der Waals surface area contributed by atoms with E-state index in [1.165, 1.54) is 0 Å². The number of rotatable bonds is 4. The lowest BCUT2D eigenvalue weighted by Gasteiger charge is -2.48. The van der Waals surface area contributed by atoms with Gasteiger partial charge >= 0.3 is 5.97 Å². The van der Waals surface area contributed by atoms with Crippen molar-refractivity contribution in [2.24, 2.45) is 5.41 Å².